The second-order valence-electron chi connectivity index (χ2n) is 3.41. The van der Waals surface area contributed by atoms with Crippen LogP contribution in [0.25, 0.3) is 0 Å². The van der Waals surface area contributed by atoms with E-state index in [9.17, 15) is 9.59 Å². The van der Waals surface area contributed by atoms with Gasteiger partial charge >= 0.3 is 0 Å². The Morgan fingerprint density at radius 3 is 2.82 bits per heavy atom. The summed E-state index contributed by atoms with van der Waals surface area (Å²) in [5, 5.41) is 5.70. The molecule has 92 valence electrons. The molecule has 5 nitrogen and oxygen atoms in total. The number of carbonyl (C=O) groups is 2. The molecule has 0 aromatic heterocycles. The molecule has 0 aliphatic heterocycles. The molecule has 0 unspecified atom stereocenters. The van der Waals surface area contributed by atoms with Crippen LogP contribution in [-0.4, -0.2) is 25.4 Å². The van der Waals surface area contributed by atoms with Crippen molar-refractivity contribution in [2.75, 3.05) is 18.8 Å². The number of rotatable bonds is 6. The van der Waals surface area contributed by atoms with E-state index < -0.39 is 0 Å². The van der Waals surface area contributed by atoms with E-state index in [1.807, 2.05) is 0 Å². The molecular weight excluding hydrogens is 242 g/mol. The second kappa shape index (κ2) is 6.75. The van der Waals surface area contributed by atoms with E-state index in [2.05, 4.69) is 10.6 Å². The Morgan fingerprint density at radius 2 is 2.18 bits per heavy atom. The molecule has 0 bridgehead atoms. The zero-order valence-corrected chi connectivity index (χ0v) is 9.96. The van der Waals surface area contributed by atoms with Crippen LogP contribution in [0.2, 0.25) is 5.02 Å². The average molecular weight is 256 g/mol. The van der Waals surface area contributed by atoms with Gasteiger partial charge in [-0.15, -0.1) is 0 Å². The lowest BCUT2D eigenvalue weighted by Crippen LogP contribution is -2.27. The number of benzene rings is 1. The van der Waals surface area contributed by atoms with Crippen LogP contribution < -0.4 is 16.4 Å². The van der Waals surface area contributed by atoms with E-state index in [0.29, 0.717) is 42.2 Å². The first-order valence-corrected chi connectivity index (χ1v) is 5.53. The minimum absolute atomic E-state index is 0.245. The summed E-state index contributed by atoms with van der Waals surface area (Å²) in [6, 6.07) is 4.72. The third-order valence-electron chi connectivity index (χ3n) is 2.13. The van der Waals surface area contributed by atoms with Gasteiger partial charge in [-0.3, -0.25) is 9.59 Å². The average Bonchev–Trinajstić information content (AvgIpc) is 2.28. The predicted octanol–water partition coefficient (Wildman–Crippen LogP) is 0.788. The minimum Gasteiger partial charge on any atom is -0.398 e. The molecule has 0 heterocycles. The number of nitrogen functional groups attached to an aromatic ring is 1. The van der Waals surface area contributed by atoms with Crippen molar-refractivity contribution < 1.29 is 9.59 Å². The highest BCUT2D eigenvalue weighted by Gasteiger charge is 2.08. The van der Waals surface area contributed by atoms with Crippen molar-refractivity contribution in [3.63, 3.8) is 0 Å². The predicted molar refractivity (Wildman–Crippen MR) is 66.9 cm³/mol. The molecule has 0 radical (unpaired) electrons. The number of anilines is 1. The maximum absolute atomic E-state index is 11.7. The highest BCUT2D eigenvalue weighted by atomic mass is 35.5. The Kier molecular flexibility index (Phi) is 5.29. The zero-order chi connectivity index (χ0) is 12.7. The number of nitrogens with one attached hydrogen (secondary N) is 2. The third kappa shape index (κ3) is 4.32. The summed E-state index contributed by atoms with van der Waals surface area (Å²) in [5.74, 6) is -0.245. The van der Waals surface area contributed by atoms with Crippen molar-refractivity contribution in [2.24, 2.45) is 0 Å². The highest BCUT2D eigenvalue weighted by Crippen LogP contribution is 2.17. The first-order valence-electron chi connectivity index (χ1n) is 5.15. The molecule has 17 heavy (non-hydrogen) atoms. The quantitative estimate of drug-likeness (QED) is 0.399. The van der Waals surface area contributed by atoms with Crippen LogP contribution in [-0.2, 0) is 4.79 Å². The van der Waals surface area contributed by atoms with Crippen LogP contribution in [0, 0.1) is 0 Å². The normalized spacial score (nSPS) is 9.71. The second-order valence-corrected chi connectivity index (χ2v) is 3.85. The SMILES string of the molecule is Nc1cc(Cl)ccc1C(=O)NCCCNC=O. The van der Waals surface area contributed by atoms with Crippen LogP contribution >= 0.6 is 11.6 Å². The van der Waals surface area contributed by atoms with E-state index in [-0.39, 0.29) is 5.91 Å². The molecule has 1 aromatic rings. The molecule has 0 saturated carbocycles. The van der Waals surface area contributed by atoms with Crippen LogP contribution in [0.1, 0.15) is 16.8 Å². The van der Waals surface area contributed by atoms with Gasteiger partial charge in [0, 0.05) is 23.8 Å². The molecule has 0 fully saturated rings. The van der Waals surface area contributed by atoms with Gasteiger partial charge in [-0.25, -0.2) is 0 Å². The highest BCUT2D eigenvalue weighted by molar-refractivity contribution is 6.31. The third-order valence-corrected chi connectivity index (χ3v) is 2.36. The molecule has 0 spiro atoms. The number of hydrogen-bond donors (Lipinski definition) is 3. The summed E-state index contributed by atoms with van der Waals surface area (Å²) >= 11 is 5.73. The van der Waals surface area contributed by atoms with Gasteiger partial charge in [0.25, 0.3) is 5.91 Å². The van der Waals surface area contributed by atoms with E-state index in [1.165, 1.54) is 6.07 Å². The fourth-order valence-corrected chi connectivity index (χ4v) is 1.47. The molecule has 1 aromatic carbocycles. The number of nitrogens with two attached hydrogens (primary N) is 1. The molecule has 6 heteroatoms. The molecule has 0 saturated heterocycles. The van der Waals surface area contributed by atoms with Crippen molar-refractivity contribution in [3.8, 4) is 0 Å². The summed E-state index contributed by atoms with van der Waals surface area (Å²) in [4.78, 5) is 21.7. The topological polar surface area (TPSA) is 84.2 Å². The Hall–Kier alpha value is -1.75. The van der Waals surface area contributed by atoms with Gasteiger partial charge in [0.1, 0.15) is 0 Å². The largest absolute Gasteiger partial charge is 0.398 e. The molecule has 1 rings (SSSR count). The summed E-state index contributed by atoms with van der Waals surface area (Å²) < 4.78 is 0. The molecule has 4 N–H and O–H groups in total. The van der Waals surface area contributed by atoms with Crippen LogP contribution in [0.15, 0.2) is 18.2 Å². The van der Waals surface area contributed by atoms with E-state index in [1.54, 1.807) is 12.1 Å². The lowest BCUT2D eigenvalue weighted by atomic mass is 10.1. The summed E-state index contributed by atoms with van der Waals surface area (Å²) in [5.41, 5.74) is 6.42. The minimum atomic E-state index is -0.245. The van der Waals surface area contributed by atoms with Crippen molar-refractivity contribution in [3.05, 3.63) is 28.8 Å². The maximum Gasteiger partial charge on any atom is 0.253 e. The van der Waals surface area contributed by atoms with Crippen LogP contribution in [0.3, 0.4) is 0 Å². The molecule has 0 aliphatic rings. The zero-order valence-electron chi connectivity index (χ0n) is 9.20. The van der Waals surface area contributed by atoms with E-state index in [0.717, 1.165) is 0 Å². The van der Waals surface area contributed by atoms with Crippen LogP contribution in [0.4, 0.5) is 5.69 Å². The monoisotopic (exact) mass is 255 g/mol. The number of hydrogen-bond acceptors (Lipinski definition) is 3. The Labute approximate surface area is 104 Å². The van der Waals surface area contributed by atoms with Crippen molar-refractivity contribution >= 4 is 29.6 Å². The maximum atomic E-state index is 11.7. The van der Waals surface area contributed by atoms with Gasteiger partial charge in [-0.1, -0.05) is 11.6 Å². The van der Waals surface area contributed by atoms with Crippen molar-refractivity contribution in [2.45, 2.75) is 6.42 Å². The number of amides is 2. The van der Waals surface area contributed by atoms with Gasteiger partial charge in [-0.2, -0.15) is 0 Å². The van der Waals surface area contributed by atoms with Gasteiger partial charge in [0.05, 0.1) is 5.56 Å². The first-order chi connectivity index (χ1) is 8.15. The summed E-state index contributed by atoms with van der Waals surface area (Å²) in [6.45, 7) is 1.00. The molecule has 2 amide bonds. The van der Waals surface area contributed by atoms with Gasteiger partial charge in [0.15, 0.2) is 0 Å². The Bertz CT molecular complexity index is 410. The van der Waals surface area contributed by atoms with E-state index in [4.69, 9.17) is 17.3 Å². The van der Waals surface area contributed by atoms with E-state index >= 15 is 0 Å². The van der Waals surface area contributed by atoms with Gasteiger partial charge in [0.2, 0.25) is 6.41 Å². The fourth-order valence-electron chi connectivity index (χ4n) is 1.29. The van der Waals surface area contributed by atoms with Gasteiger partial charge in [-0.05, 0) is 24.6 Å². The standard InChI is InChI=1S/C11H14ClN3O2/c12-8-2-3-9(10(13)6-8)11(17)15-5-1-4-14-7-16/h2-3,6-7H,1,4-5,13H2,(H,14,16)(H,15,17). The number of carbonyl (C=O) groups excluding carboxylic acids is 2. The first kappa shape index (κ1) is 13.3. The Balaban J connectivity index is 2.44. The smallest absolute Gasteiger partial charge is 0.253 e. The summed E-state index contributed by atoms with van der Waals surface area (Å²) in [6.07, 6.45) is 1.29. The van der Waals surface area contributed by atoms with Crippen LogP contribution in [0.5, 0.6) is 0 Å². The molecule has 0 atom stereocenters. The Morgan fingerprint density at radius 1 is 1.41 bits per heavy atom. The molecular formula is C11H14ClN3O2. The summed E-state index contributed by atoms with van der Waals surface area (Å²) in [7, 11) is 0. The molecule has 0 aliphatic carbocycles. The number of halogens is 1. The fraction of sp³-hybridized carbons (Fsp3) is 0.273. The van der Waals surface area contributed by atoms with Crippen molar-refractivity contribution in [1.29, 1.82) is 0 Å². The lowest BCUT2D eigenvalue weighted by molar-refractivity contribution is -0.109. The lowest BCUT2D eigenvalue weighted by Gasteiger charge is -2.07. The van der Waals surface area contributed by atoms with Crippen molar-refractivity contribution in [1.82, 2.24) is 10.6 Å². The van der Waals surface area contributed by atoms with Gasteiger partial charge < -0.3 is 16.4 Å².